The van der Waals surface area contributed by atoms with Gasteiger partial charge in [-0.15, -0.1) is 11.6 Å². The standard InChI is InChI=1S/C18H19ClO/c1-20-16-7-4-5-13(12-16)11-15-10-9-14-6-2-3-8-17(14)18(15)19/h2-8,12,15,18H,9-11H2,1H3. The Morgan fingerprint density at radius 1 is 1.15 bits per heavy atom. The van der Waals surface area contributed by atoms with Crippen LogP contribution in [-0.4, -0.2) is 7.11 Å². The SMILES string of the molecule is COc1cccc(CC2CCc3ccccc3C2Cl)c1. The first-order chi connectivity index (χ1) is 9.78. The molecular formula is C18H19ClO. The van der Waals surface area contributed by atoms with E-state index in [2.05, 4.69) is 36.4 Å². The predicted octanol–water partition coefficient (Wildman–Crippen LogP) is 4.78. The van der Waals surface area contributed by atoms with E-state index in [4.69, 9.17) is 16.3 Å². The Morgan fingerprint density at radius 3 is 2.85 bits per heavy atom. The van der Waals surface area contributed by atoms with Crippen LogP contribution in [0.2, 0.25) is 0 Å². The highest BCUT2D eigenvalue weighted by Crippen LogP contribution is 2.40. The van der Waals surface area contributed by atoms with E-state index >= 15 is 0 Å². The summed E-state index contributed by atoms with van der Waals surface area (Å²) >= 11 is 6.71. The van der Waals surface area contributed by atoms with Gasteiger partial charge in [0.2, 0.25) is 0 Å². The van der Waals surface area contributed by atoms with Crippen LogP contribution in [-0.2, 0) is 12.8 Å². The van der Waals surface area contributed by atoms with Crippen LogP contribution in [0.5, 0.6) is 5.75 Å². The number of rotatable bonds is 3. The molecule has 0 amide bonds. The second kappa shape index (κ2) is 5.88. The van der Waals surface area contributed by atoms with Gasteiger partial charge in [0.25, 0.3) is 0 Å². The van der Waals surface area contributed by atoms with E-state index in [0.29, 0.717) is 5.92 Å². The molecule has 2 aromatic carbocycles. The number of hydrogen-bond acceptors (Lipinski definition) is 1. The normalized spacial score (nSPS) is 21.3. The summed E-state index contributed by atoms with van der Waals surface area (Å²) in [4.78, 5) is 0. The molecule has 0 radical (unpaired) electrons. The van der Waals surface area contributed by atoms with Gasteiger partial charge in [-0.05, 0) is 54.0 Å². The van der Waals surface area contributed by atoms with Crippen LogP contribution in [0.3, 0.4) is 0 Å². The van der Waals surface area contributed by atoms with Crippen LogP contribution in [0.25, 0.3) is 0 Å². The van der Waals surface area contributed by atoms with Crippen molar-refractivity contribution in [2.75, 3.05) is 7.11 Å². The topological polar surface area (TPSA) is 9.23 Å². The van der Waals surface area contributed by atoms with E-state index in [1.807, 2.05) is 12.1 Å². The molecule has 0 spiro atoms. The molecule has 104 valence electrons. The van der Waals surface area contributed by atoms with Gasteiger partial charge in [0.1, 0.15) is 5.75 Å². The maximum absolute atomic E-state index is 6.71. The first-order valence-electron chi connectivity index (χ1n) is 7.12. The van der Waals surface area contributed by atoms with Gasteiger partial charge in [-0.3, -0.25) is 0 Å². The number of alkyl halides is 1. The van der Waals surface area contributed by atoms with E-state index in [9.17, 15) is 0 Å². The zero-order chi connectivity index (χ0) is 13.9. The van der Waals surface area contributed by atoms with Crippen molar-refractivity contribution in [1.82, 2.24) is 0 Å². The number of hydrogen-bond donors (Lipinski definition) is 0. The van der Waals surface area contributed by atoms with Crippen LogP contribution >= 0.6 is 11.6 Å². The van der Waals surface area contributed by atoms with Gasteiger partial charge in [0.15, 0.2) is 0 Å². The fraction of sp³-hybridized carbons (Fsp3) is 0.333. The second-order valence-electron chi connectivity index (χ2n) is 5.45. The second-order valence-corrected chi connectivity index (χ2v) is 5.93. The Balaban J connectivity index is 1.79. The fourth-order valence-electron chi connectivity index (χ4n) is 3.08. The molecule has 0 bridgehead atoms. The summed E-state index contributed by atoms with van der Waals surface area (Å²) in [5, 5.41) is 0.117. The van der Waals surface area contributed by atoms with Crippen molar-refractivity contribution in [3.8, 4) is 5.75 Å². The Hall–Kier alpha value is -1.47. The molecule has 1 nitrogen and oxygen atoms in total. The van der Waals surface area contributed by atoms with Crippen LogP contribution in [0.4, 0.5) is 0 Å². The summed E-state index contributed by atoms with van der Waals surface area (Å²) in [6.07, 6.45) is 3.30. The van der Waals surface area contributed by atoms with Crippen molar-refractivity contribution in [3.05, 3.63) is 65.2 Å². The molecule has 0 saturated carbocycles. The summed E-state index contributed by atoms with van der Waals surface area (Å²) in [5.41, 5.74) is 4.03. The first kappa shape index (κ1) is 13.5. The third-order valence-corrected chi connectivity index (χ3v) is 4.77. The third kappa shape index (κ3) is 2.69. The van der Waals surface area contributed by atoms with Crippen LogP contribution < -0.4 is 4.74 Å². The lowest BCUT2D eigenvalue weighted by Crippen LogP contribution is -2.19. The summed E-state index contributed by atoms with van der Waals surface area (Å²) in [6, 6.07) is 16.9. The van der Waals surface area contributed by atoms with Crippen molar-refractivity contribution in [2.24, 2.45) is 5.92 Å². The van der Waals surface area contributed by atoms with Gasteiger partial charge < -0.3 is 4.74 Å². The summed E-state index contributed by atoms with van der Waals surface area (Å²) in [5.74, 6) is 1.42. The zero-order valence-electron chi connectivity index (χ0n) is 11.7. The van der Waals surface area contributed by atoms with Crippen LogP contribution in [0.1, 0.15) is 28.5 Å². The van der Waals surface area contributed by atoms with Gasteiger partial charge in [0.05, 0.1) is 12.5 Å². The van der Waals surface area contributed by atoms with Crippen molar-refractivity contribution in [2.45, 2.75) is 24.6 Å². The Morgan fingerprint density at radius 2 is 2.00 bits per heavy atom. The Bertz CT molecular complexity index is 593. The van der Waals surface area contributed by atoms with Crippen molar-refractivity contribution >= 4 is 11.6 Å². The van der Waals surface area contributed by atoms with E-state index in [1.165, 1.54) is 16.7 Å². The monoisotopic (exact) mass is 286 g/mol. The van der Waals surface area contributed by atoms with Gasteiger partial charge in [-0.25, -0.2) is 0 Å². The van der Waals surface area contributed by atoms with Crippen molar-refractivity contribution in [1.29, 1.82) is 0 Å². The van der Waals surface area contributed by atoms with Crippen LogP contribution in [0.15, 0.2) is 48.5 Å². The van der Waals surface area contributed by atoms with Gasteiger partial charge >= 0.3 is 0 Å². The molecule has 0 aliphatic heterocycles. The van der Waals surface area contributed by atoms with E-state index in [-0.39, 0.29) is 5.38 Å². The summed E-state index contributed by atoms with van der Waals surface area (Å²) in [6.45, 7) is 0. The molecule has 20 heavy (non-hydrogen) atoms. The molecule has 0 N–H and O–H groups in total. The van der Waals surface area contributed by atoms with E-state index < -0.39 is 0 Å². The summed E-state index contributed by atoms with van der Waals surface area (Å²) < 4.78 is 5.29. The lowest BCUT2D eigenvalue weighted by molar-refractivity contribution is 0.411. The molecule has 0 aromatic heterocycles. The molecule has 2 unspecified atom stereocenters. The maximum atomic E-state index is 6.71. The highest BCUT2D eigenvalue weighted by molar-refractivity contribution is 6.21. The lowest BCUT2D eigenvalue weighted by atomic mass is 9.80. The van der Waals surface area contributed by atoms with Crippen molar-refractivity contribution in [3.63, 3.8) is 0 Å². The molecule has 1 aliphatic carbocycles. The lowest BCUT2D eigenvalue weighted by Gasteiger charge is -2.29. The number of methoxy groups -OCH3 is 1. The minimum absolute atomic E-state index is 0.117. The van der Waals surface area contributed by atoms with Gasteiger partial charge in [-0.2, -0.15) is 0 Å². The summed E-state index contributed by atoms with van der Waals surface area (Å²) in [7, 11) is 1.71. The Labute approximate surface area is 125 Å². The number of fused-ring (bicyclic) bond motifs is 1. The maximum Gasteiger partial charge on any atom is 0.119 e. The smallest absolute Gasteiger partial charge is 0.119 e. The molecule has 0 fully saturated rings. The largest absolute Gasteiger partial charge is 0.497 e. The average molecular weight is 287 g/mol. The van der Waals surface area contributed by atoms with Gasteiger partial charge in [0, 0.05) is 0 Å². The van der Waals surface area contributed by atoms with Gasteiger partial charge in [-0.1, -0.05) is 36.4 Å². The molecule has 2 aromatic rings. The molecular weight excluding hydrogens is 268 g/mol. The number of ether oxygens (including phenoxy) is 1. The number of halogens is 1. The number of aryl methyl sites for hydroxylation is 1. The van der Waals surface area contributed by atoms with E-state index in [0.717, 1.165) is 25.0 Å². The van der Waals surface area contributed by atoms with Crippen LogP contribution in [0, 0.1) is 5.92 Å². The fourth-order valence-corrected chi connectivity index (χ4v) is 3.51. The first-order valence-corrected chi connectivity index (χ1v) is 7.56. The average Bonchev–Trinajstić information content (AvgIpc) is 2.50. The highest BCUT2D eigenvalue weighted by Gasteiger charge is 2.27. The Kier molecular flexibility index (Phi) is 3.98. The molecule has 0 heterocycles. The predicted molar refractivity (Wildman–Crippen MR) is 83.5 cm³/mol. The minimum Gasteiger partial charge on any atom is -0.497 e. The molecule has 2 atom stereocenters. The molecule has 1 aliphatic rings. The quantitative estimate of drug-likeness (QED) is 0.738. The third-order valence-electron chi connectivity index (χ3n) is 4.18. The van der Waals surface area contributed by atoms with E-state index in [1.54, 1.807) is 7.11 Å². The minimum atomic E-state index is 0.117. The molecule has 2 heteroatoms. The number of benzene rings is 2. The molecule has 0 saturated heterocycles. The zero-order valence-corrected chi connectivity index (χ0v) is 12.4. The molecule has 3 rings (SSSR count). The highest BCUT2D eigenvalue weighted by atomic mass is 35.5. The van der Waals surface area contributed by atoms with Crippen molar-refractivity contribution < 1.29 is 4.74 Å².